The molecule has 106 valence electrons. The highest BCUT2D eigenvalue weighted by Crippen LogP contribution is 2.18. The molecule has 0 spiro atoms. The van der Waals surface area contributed by atoms with Gasteiger partial charge >= 0.3 is 0 Å². The zero-order valence-corrected chi connectivity index (χ0v) is 11.2. The number of methoxy groups -OCH3 is 1. The van der Waals surface area contributed by atoms with Crippen molar-refractivity contribution in [1.82, 2.24) is 5.32 Å². The van der Waals surface area contributed by atoms with Gasteiger partial charge in [-0.3, -0.25) is 4.79 Å². The Morgan fingerprint density at radius 2 is 2.17 bits per heavy atom. The van der Waals surface area contributed by atoms with Gasteiger partial charge in [-0.25, -0.2) is 0 Å². The monoisotopic (exact) mass is 258 g/mol. The first-order valence-electron chi connectivity index (χ1n) is 6.88. The second-order valence-electron chi connectivity index (χ2n) is 5.06. The summed E-state index contributed by atoms with van der Waals surface area (Å²) in [5, 5.41) is 12.8. The lowest BCUT2D eigenvalue weighted by atomic mass is 10.0. The van der Waals surface area contributed by atoms with Crippen molar-refractivity contribution in [2.24, 2.45) is 5.73 Å². The highest BCUT2D eigenvalue weighted by Gasteiger charge is 2.25. The number of hydrogen-bond donors (Lipinski definition) is 3. The van der Waals surface area contributed by atoms with Gasteiger partial charge in [-0.05, 0) is 25.7 Å². The normalized spacial score (nSPS) is 26.4. The molecule has 1 rings (SSSR count). The summed E-state index contributed by atoms with van der Waals surface area (Å²) in [4.78, 5) is 11.9. The molecule has 0 aromatic heterocycles. The van der Waals surface area contributed by atoms with Gasteiger partial charge in [-0.2, -0.15) is 0 Å². The molecular formula is C13H26N2O3. The lowest BCUT2D eigenvalue weighted by Gasteiger charge is -2.23. The molecule has 0 radical (unpaired) electrons. The van der Waals surface area contributed by atoms with Crippen LogP contribution in [-0.4, -0.2) is 42.9 Å². The first kappa shape index (κ1) is 15.4. The molecule has 1 fully saturated rings. The van der Waals surface area contributed by atoms with Gasteiger partial charge in [0.1, 0.15) is 0 Å². The molecule has 1 saturated carbocycles. The highest BCUT2D eigenvalue weighted by atomic mass is 16.5. The maximum absolute atomic E-state index is 11.9. The molecule has 5 nitrogen and oxygen atoms in total. The van der Waals surface area contributed by atoms with Crippen LogP contribution in [-0.2, 0) is 9.53 Å². The molecule has 0 heterocycles. The average Bonchev–Trinajstić information content (AvgIpc) is 2.55. The summed E-state index contributed by atoms with van der Waals surface area (Å²) in [6.45, 7) is 0.618. The van der Waals surface area contributed by atoms with E-state index in [-0.39, 0.29) is 11.9 Å². The SMILES string of the molecule is COCCCC(N)C(=O)NC1CCCCCC1O. The van der Waals surface area contributed by atoms with Crippen LogP contribution in [0.15, 0.2) is 0 Å². The minimum Gasteiger partial charge on any atom is -0.391 e. The lowest BCUT2D eigenvalue weighted by molar-refractivity contribution is -0.124. The van der Waals surface area contributed by atoms with Gasteiger partial charge in [0.05, 0.1) is 18.2 Å². The van der Waals surface area contributed by atoms with Crippen molar-refractivity contribution in [3.05, 3.63) is 0 Å². The van der Waals surface area contributed by atoms with Gasteiger partial charge in [0.2, 0.25) is 5.91 Å². The van der Waals surface area contributed by atoms with E-state index in [1.54, 1.807) is 7.11 Å². The number of carbonyl (C=O) groups is 1. The zero-order valence-electron chi connectivity index (χ0n) is 11.2. The number of nitrogens with one attached hydrogen (secondary N) is 1. The maximum atomic E-state index is 11.9. The first-order chi connectivity index (χ1) is 8.65. The van der Waals surface area contributed by atoms with E-state index in [2.05, 4.69) is 5.32 Å². The summed E-state index contributed by atoms with van der Waals surface area (Å²) >= 11 is 0. The van der Waals surface area contributed by atoms with Gasteiger partial charge in [0.25, 0.3) is 0 Å². The van der Waals surface area contributed by atoms with Crippen molar-refractivity contribution in [2.75, 3.05) is 13.7 Å². The van der Waals surface area contributed by atoms with Crippen LogP contribution in [0.5, 0.6) is 0 Å². The van der Waals surface area contributed by atoms with Gasteiger partial charge in [0, 0.05) is 13.7 Å². The Morgan fingerprint density at radius 1 is 1.44 bits per heavy atom. The van der Waals surface area contributed by atoms with Crippen molar-refractivity contribution in [1.29, 1.82) is 0 Å². The number of aliphatic hydroxyl groups excluding tert-OH is 1. The lowest BCUT2D eigenvalue weighted by Crippen LogP contribution is -2.49. The fourth-order valence-electron chi connectivity index (χ4n) is 2.32. The average molecular weight is 258 g/mol. The summed E-state index contributed by atoms with van der Waals surface area (Å²) < 4.78 is 4.93. The topological polar surface area (TPSA) is 84.6 Å². The Morgan fingerprint density at radius 3 is 2.89 bits per heavy atom. The van der Waals surface area contributed by atoms with Crippen LogP contribution < -0.4 is 11.1 Å². The molecule has 5 heteroatoms. The second-order valence-corrected chi connectivity index (χ2v) is 5.06. The maximum Gasteiger partial charge on any atom is 0.237 e. The standard InChI is InChI=1S/C13H26N2O3/c1-18-9-5-6-10(14)13(17)15-11-7-3-2-4-8-12(11)16/h10-12,16H,2-9,14H2,1H3,(H,15,17). The Balaban J connectivity index is 2.32. The smallest absolute Gasteiger partial charge is 0.237 e. The molecule has 1 aliphatic carbocycles. The van der Waals surface area contributed by atoms with Gasteiger partial charge < -0.3 is 20.9 Å². The fraction of sp³-hybridized carbons (Fsp3) is 0.923. The minimum absolute atomic E-state index is 0.131. The van der Waals surface area contributed by atoms with Crippen molar-refractivity contribution < 1.29 is 14.6 Å². The number of hydrogen-bond acceptors (Lipinski definition) is 4. The Bertz CT molecular complexity index is 248. The third-order valence-corrected chi connectivity index (χ3v) is 3.51. The number of rotatable bonds is 6. The largest absolute Gasteiger partial charge is 0.391 e. The number of carbonyl (C=O) groups excluding carboxylic acids is 1. The van der Waals surface area contributed by atoms with Crippen molar-refractivity contribution in [3.8, 4) is 0 Å². The van der Waals surface area contributed by atoms with Crippen LogP contribution >= 0.6 is 0 Å². The highest BCUT2D eigenvalue weighted by molar-refractivity contribution is 5.81. The van der Waals surface area contributed by atoms with Crippen LogP contribution in [0.1, 0.15) is 44.9 Å². The predicted molar refractivity (Wildman–Crippen MR) is 70.1 cm³/mol. The molecule has 18 heavy (non-hydrogen) atoms. The number of amides is 1. The van der Waals surface area contributed by atoms with E-state index in [1.165, 1.54) is 0 Å². The molecule has 4 N–H and O–H groups in total. The van der Waals surface area contributed by atoms with Gasteiger partial charge in [0.15, 0.2) is 0 Å². The van der Waals surface area contributed by atoms with E-state index >= 15 is 0 Å². The Kier molecular flexibility index (Phi) is 7.23. The summed E-state index contributed by atoms with van der Waals surface area (Å²) in [5.74, 6) is -0.156. The quantitative estimate of drug-likeness (QED) is 0.480. The Labute approximate surface area is 109 Å². The number of aliphatic hydroxyl groups is 1. The van der Waals surface area contributed by atoms with E-state index in [0.717, 1.165) is 38.5 Å². The molecule has 0 bridgehead atoms. The molecule has 3 unspecified atom stereocenters. The van der Waals surface area contributed by atoms with Crippen LogP contribution in [0.2, 0.25) is 0 Å². The third kappa shape index (κ3) is 5.33. The van der Waals surface area contributed by atoms with Crippen molar-refractivity contribution in [2.45, 2.75) is 63.1 Å². The molecular weight excluding hydrogens is 232 g/mol. The molecule has 0 aromatic rings. The first-order valence-corrected chi connectivity index (χ1v) is 6.88. The Hall–Kier alpha value is -0.650. The van der Waals surface area contributed by atoms with E-state index < -0.39 is 12.1 Å². The molecule has 0 aromatic carbocycles. The summed E-state index contributed by atoms with van der Waals surface area (Å²) in [7, 11) is 1.63. The summed E-state index contributed by atoms with van der Waals surface area (Å²) in [6.07, 6.45) is 5.79. The van der Waals surface area contributed by atoms with E-state index in [9.17, 15) is 9.90 Å². The van der Waals surface area contributed by atoms with Crippen LogP contribution in [0.4, 0.5) is 0 Å². The second kappa shape index (κ2) is 8.45. The minimum atomic E-state index is -0.504. The van der Waals surface area contributed by atoms with Gasteiger partial charge in [-0.1, -0.05) is 19.3 Å². The van der Waals surface area contributed by atoms with Crippen LogP contribution in [0, 0.1) is 0 Å². The van der Waals surface area contributed by atoms with Crippen molar-refractivity contribution >= 4 is 5.91 Å². The molecule has 1 amide bonds. The third-order valence-electron chi connectivity index (χ3n) is 3.51. The number of ether oxygens (including phenoxy) is 1. The summed E-state index contributed by atoms with van der Waals surface area (Å²) in [6, 6.07) is -0.635. The van der Waals surface area contributed by atoms with E-state index in [1.807, 2.05) is 0 Å². The van der Waals surface area contributed by atoms with E-state index in [4.69, 9.17) is 10.5 Å². The molecule has 0 saturated heterocycles. The van der Waals surface area contributed by atoms with E-state index in [0.29, 0.717) is 13.0 Å². The predicted octanol–water partition coefficient (Wildman–Crippen LogP) is 0.550. The van der Waals surface area contributed by atoms with Crippen LogP contribution in [0.25, 0.3) is 0 Å². The fourth-order valence-corrected chi connectivity index (χ4v) is 2.32. The molecule has 3 atom stereocenters. The molecule has 0 aliphatic heterocycles. The molecule has 1 aliphatic rings. The zero-order chi connectivity index (χ0) is 13.4. The van der Waals surface area contributed by atoms with Crippen molar-refractivity contribution in [3.63, 3.8) is 0 Å². The van der Waals surface area contributed by atoms with Crippen LogP contribution in [0.3, 0.4) is 0 Å². The van der Waals surface area contributed by atoms with Gasteiger partial charge in [-0.15, -0.1) is 0 Å². The summed E-state index contributed by atoms with van der Waals surface area (Å²) in [5.41, 5.74) is 5.81. The number of nitrogens with two attached hydrogens (primary N) is 1.